The molecular weight excluding hydrogens is 360 g/mol. The molecule has 2 N–H and O–H groups in total. The van der Waals surface area contributed by atoms with Crippen LogP contribution in [0.1, 0.15) is 0 Å². The number of aromatic amines is 1. The van der Waals surface area contributed by atoms with E-state index in [2.05, 4.69) is 9.97 Å². The number of aliphatic hydroxyl groups is 1. The van der Waals surface area contributed by atoms with Gasteiger partial charge in [0.15, 0.2) is 0 Å². The monoisotopic (exact) mass is 376 g/mol. The van der Waals surface area contributed by atoms with E-state index in [9.17, 15) is 4.79 Å². The van der Waals surface area contributed by atoms with Gasteiger partial charge in [0, 0.05) is 17.7 Å². The van der Waals surface area contributed by atoms with Gasteiger partial charge in [0.2, 0.25) is 0 Å². The molecule has 0 saturated heterocycles. The highest BCUT2D eigenvalue weighted by Crippen LogP contribution is 2.31. The highest BCUT2D eigenvalue weighted by molar-refractivity contribution is 6.32. The molecule has 3 aromatic rings. The molecule has 0 amide bonds. The molecular formula is C18H17ClN2O5. The third-order valence-electron chi connectivity index (χ3n) is 3.76. The van der Waals surface area contributed by atoms with E-state index in [4.69, 9.17) is 30.9 Å². The van der Waals surface area contributed by atoms with Gasteiger partial charge < -0.3 is 24.3 Å². The van der Waals surface area contributed by atoms with Crippen LogP contribution in [0.15, 0.2) is 35.1 Å². The lowest BCUT2D eigenvalue weighted by atomic mass is 10.1. The topological polar surface area (TPSA) is 93.7 Å². The molecule has 3 rings (SSSR count). The Hall–Kier alpha value is -2.77. The maximum Gasteiger partial charge on any atom is 0.262 e. The largest absolute Gasteiger partial charge is 0.497 e. The molecule has 26 heavy (non-hydrogen) atoms. The first-order valence-corrected chi connectivity index (χ1v) is 8.14. The molecule has 7 nitrogen and oxygen atoms in total. The van der Waals surface area contributed by atoms with E-state index in [1.54, 1.807) is 30.3 Å². The van der Waals surface area contributed by atoms with Crippen LogP contribution in [0.2, 0.25) is 5.02 Å². The quantitative estimate of drug-likeness (QED) is 0.687. The molecule has 0 bridgehead atoms. The second-order valence-corrected chi connectivity index (χ2v) is 5.76. The number of methoxy groups -OCH3 is 2. The van der Waals surface area contributed by atoms with Gasteiger partial charge in [-0.25, -0.2) is 4.98 Å². The first kappa shape index (κ1) is 18.0. The number of aliphatic hydroxyl groups excluding tert-OH is 1. The summed E-state index contributed by atoms with van der Waals surface area (Å²) in [5.41, 5.74) is 0.727. The zero-order valence-electron chi connectivity index (χ0n) is 14.2. The van der Waals surface area contributed by atoms with Crippen LogP contribution < -0.4 is 19.8 Å². The number of benzene rings is 2. The van der Waals surface area contributed by atoms with E-state index in [0.29, 0.717) is 44.6 Å². The van der Waals surface area contributed by atoms with Gasteiger partial charge in [0.1, 0.15) is 35.1 Å². The summed E-state index contributed by atoms with van der Waals surface area (Å²) < 4.78 is 15.8. The fourth-order valence-corrected chi connectivity index (χ4v) is 2.78. The summed E-state index contributed by atoms with van der Waals surface area (Å²) in [6, 6.07) is 8.31. The van der Waals surface area contributed by atoms with Crippen LogP contribution in [0.25, 0.3) is 22.3 Å². The number of halogens is 1. The summed E-state index contributed by atoms with van der Waals surface area (Å²) >= 11 is 6.20. The van der Waals surface area contributed by atoms with Crippen molar-refractivity contribution in [1.82, 2.24) is 9.97 Å². The van der Waals surface area contributed by atoms with Crippen molar-refractivity contribution in [1.29, 1.82) is 0 Å². The number of H-pyrrole nitrogens is 1. The number of nitrogens with zero attached hydrogens (tertiary/aromatic N) is 1. The average molecular weight is 377 g/mol. The molecule has 0 fully saturated rings. The molecule has 0 aliphatic heterocycles. The zero-order valence-corrected chi connectivity index (χ0v) is 15.0. The van der Waals surface area contributed by atoms with Crippen LogP contribution in [-0.4, -0.2) is 42.5 Å². The van der Waals surface area contributed by atoms with Crippen LogP contribution in [0, 0.1) is 0 Å². The smallest absolute Gasteiger partial charge is 0.262 e. The lowest BCUT2D eigenvalue weighted by Crippen LogP contribution is -2.11. The highest BCUT2D eigenvalue weighted by atomic mass is 35.5. The van der Waals surface area contributed by atoms with Crippen molar-refractivity contribution in [2.75, 3.05) is 27.4 Å². The Morgan fingerprint density at radius 3 is 2.62 bits per heavy atom. The van der Waals surface area contributed by atoms with Crippen molar-refractivity contribution >= 4 is 22.5 Å². The predicted octanol–water partition coefficient (Wildman–Crippen LogP) is 2.63. The lowest BCUT2D eigenvalue weighted by molar-refractivity contribution is 0.201. The van der Waals surface area contributed by atoms with Gasteiger partial charge in [0.05, 0.1) is 31.4 Å². The number of hydrogen-bond acceptors (Lipinski definition) is 6. The summed E-state index contributed by atoms with van der Waals surface area (Å²) in [6.07, 6.45) is 0. The first-order valence-electron chi connectivity index (χ1n) is 7.77. The van der Waals surface area contributed by atoms with E-state index in [1.807, 2.05) is 0 Å². The molecule has 0 aliphatic carbocycles. The average Bonchev–Trinajstić information content (AvgIpc) is 2.65. The molecule has 1 aromatic heterocycles. The van der Waals surface area contributed by atoms with Gasteiger partial charge in [-0.3, -0.25) is 4.79 Å². The number of rotatable bonds is 6. The summed E-state index contributed by atoms with van der Waals surface area (Å²) in [4.78, 5) is 19.8. The standard InChI is InChI=1S/C18H17ClN2O5/c1-24-11-8-13-16(15(9-11)25-2)18(23)21-17(20-13)10-3-4-14(12(19)7-10)26-6-5-22/h3-4,7-9,22H,5-6H2,1-2H3,(H,20,21,23). The summed E-state index contributed by atoms with van der Waals surface area (Å²) in [5.74, 6) is 1.71. The minimum atomic E-state index is -0.332. The molecule has 0 spiro atoms. The molecule has 0 saturated carbocycles. The van der Waals surface area contributed by atoms with Crippen LogP contribution in [0.4, 0.5) is 0 Å². The Kier molecular flexibility index (Phi) is 5.29. The van der Waals surface area contributed by atoms with Crippen molar-refractivity contribution < 1.29 is 19.3 Å². The number of hydrogen-bond donors (Lipinski definition) is 2. The van der Waals surface area contributed by atoms with Gasteiger partial charge in [-0.2, -0.15) is 0 Å². The SMILES string of the molecule is COc1cc(OC)c2c(=O)[nH]c(-c3ccc(OCCO)c(Cl)c3)nc2c1. The maximum atomic E-state index is 12.5. The summed E-state index contributed by atoms with van der Waals surface area (Å²) in [6.45, 7) is 0.0327. The van der Waals surface area contributed by atoms with Crippen molar-refractivity contribution in [3.8, 4) is 28.6 Å². The van der Waals surface area contributed by atoms with Gasteiger partial charge in [-0.1, -0.05) is 11.6 Å². The minimum Gasteiger partial charge on any atom is -0.497 e. The summed E-state index contributed by atoms with van der Waals surface area (Å²) in [5, 5.41) is 9.52. The summed E-state index contributed by atoms with van der Waals surface area (Å²) in [7, 11) is 3.01. The lowest BCUT2D eigenvalue weighted by Gasteiger charge is -2.10. The fourth-order valence-electron chi connectivity index (χ4n) is 2.55. The van der Waals surface area contributed by atoms with Crippen molar-refractivity contribution in [2.45, 2.75) is 0 Å². The Balaban J connectivity index is 2.11. The van der Waals surface area contributed by atoms with Gasteiger partial charge in [0.25, 0.3) is 5.56 Å². The van der Waals surface area contributed by atoms with Gasteiger partial charge in [-0.05, 0) is 18.2 Å². The Morgan fingerprint density at radius 2 is 1.96 bits per heavy atom. The highest BCUT2D eigenvalue weighted by Gasteiger charge is 2.14. The molecule has 136 valence electrons. The van der Waals surface area contributed by atoms with E-state index in [1.165, 1.54) is 14.2 Å². The second-order valence-electron chi connectivity index (χ2n) is 5.36. The number of ether oxygens (including phenoxy) is 3. The Morgan fingerprint density at radius 1 is 1.15 bits per heavy atom. The van der Waals surface area contributed by atoms with Crippen LogP contribution in [-0.2, 0) is 0 Å². The third-order valence-corrected chi connectivity index (χ3v) is 4.05. The van der Waals surface area contributed by atoms with E-state index in [-0.39, 0.29) is 18.8 Å². The van der Waals surface area contributed by atoms with Crippen molar-refractivity contribution in [3.05, 3.63) is 45.7 Å². The van der Waals surface area contributed by atoms with E-state index < -0.39 is 0 Å². The Labute approximate surface area is 154 Å². The molecule has 0 unspecified atom stereocenters. The number of aromatic nitrogens is 2. The molecule has 0 atom stereocenters. The maximum absolute atomic E-state index is 12.5. The molecule has 0 aliphatic rings. The zero-order chi connectivity index (χ0) is 18.7. The third kappa shape index (κ3) is 3.44. The van der Waals surface area contributed by atoms with E-state index in [0.717, 1.165) is 0 Å². The molecule has 0 radical (unpaired) electrons. The number of nitrogens with one attached hydrogen (secondary N) is 1. The van der Waals surface area contributed by atoms with Crippen LogP contribution in [0.5, 0.6) is 17.2 Å². The van der Waals surface area contributed by atoms with Crippen LogP contribution >= 0.6 is 11.6 Å². The molecule has 2 aromatic carbocycles. The van der Waals surface area contributed by atoms with Gasteiger partial charge in [-0.15, -0.1) is 0 Å². The van der Waals surface area contributed by atoms with Crippen molar-refractivity contribution in [2.24, 2.45) is 0 Å². The van der Waals surface area contributed by atoms with E-state index >= 15 is 0 Å². The van der Waals surface area contributed by atoms with Gasteiger partial charge >= 0.3 is 0 Å². The van der Waals surface area contributed by atoms with Crippen LogP contribution in [0.3, 0.4) is 0 Å². The predicted molar refractivity (Wildman–Crippen MR) is 98.5 cm³/mol. The fraction of sp³-hybridized carbons (Fsp3) is 0.222. The van der Waals surface area contributed by atoms with Crippen molar-refractivity contribution in [3.63, 3.8) is 0 Å². The normalized spacial score (nSPS) is 10.8. The second kappa shape index (κ2) is 7.63. The number of fused-ring (bicyclic) bond motifs is 1. The molecule has 8 heteroatoms. The minimum absolute atomic E-state index is 0.110. The first-order chi connectivity index (χ1) is 12.6. The Bertz CT molecular complexity index is 1000. The molecule has 1 heterocycles.